The lowest BCUT2D eigenvalue weighted by Gasteiger charge is -2.03. The highest BCUT2D eigenvalue weighted by atomic mass is 35.5. The summed E-state index contributed by atoms with van der Waals surface area (Å²) in [5.74, 6) is -0.984. The van der Waals surface area contributed by atoms with Crippen molar-refractivity contribution in [1.82, 2.24) is 4.98 Å². The van der Waals surface area contributed by atoms with E-state index in [1.807, 2.05) is 0 Å². The van der Waals surface area contributed by atoms with E-state index in [9.17, 15) is 14.4 Å². The van der Waals surface area contributed by atoms with E-state index >= 15 is 0 Å². The van der Waals surface area contributed by atoms with Crippen LogP contribution in [0.5, 0.6) is 0 Å². The topological polar surface area (TPSA) is 93.0 Å². The molecule has 0 spiro atoms. The van der Waals surface area contributed by atoms with Crippen LogP contribution in [0.15, 0.2) is 53.3 Å². The second-order valence-corrected chi connectivity index (χ2v) is 6.77. The molecule has 0 atom stereocenters. The molecule has 3 aromatic rings. The summed E-state index contributed by atoms with van der Waals surface area (Å²) in [5, 5.41) is 1.55. The number of aromatic amines is 1. The van der Waals surface area contributed by atoms with Crippen molar-refractivity contribution in [3.63, 3.8) is 0 Å². The van der Waals surface area contributed by atoms with Gasteiger partial charge in [-0.25, -0.2) is 0 Å². The number of fused-ring (bicyclic) bond motifs is 1. The van der Waals surface area contributed by atoms with E-state index in [0.717, 1.165) is 0 Å². The smallest absolute Gasteiger partial charge is 0.259 e. The van der Waals surface area contributed by atoms with Crippen molar-refractivity contribution in [2.75, 3.05) is 5.73 Å². The van der Waals surface area contributed by atoms with E-state index in [0.29, 0.717) is 32.2 Å². The summed E-state index contributed by atoms with van der Waals surface area (Å²) in [4.78, 5) is 39.2. The van der Waals surface area contributed by atoms with E-state index in [4.69, 9.17) is 28.9 Å². The molecule has 1 aromatic heterocycles. The van der Waals surface area contributed by atoms with Gasteiger partial charge in [0.05, 0.1) is 22.7 Å². The van der Waals surface area contributed by atoms with E-state index in [1.165, 1.54) is 18.2 Å². The molecule has 0 aliphatic heterocycles. The summed E-state index contributed by atoms with van der Waals surface area (Å²) in [7, 11) is 0. The first-order valence-corrected chi connectivity index (χ1v) is 8.71. The predicted octanol–water partition coefficient (Wildman–Crippen LogP) is 4.27. The molecule has 0 radical (unpaired) electrons. The molecule has 0 fully saturated rings. The number of nitrogens with two attached hydrogens (primary N) is 1. The molecule has 0 unspecified atom stereocenters. The Morgan fingerprint density at radius 1 is 1.07 bits per heavy atom. The molecule has 2 aromatic carbocycles. The van der Waals surface area contributed by atoms with Crippen LogP contribution in [0.3, 0.4) is 0 Å². The summed E-state index contributed by atoms with van der Waals surface area (Å²) in [5.41, 5.74) is 6.67. The molecule has 3 N–H and O–H groups in total. The van der Waals surface area contributed by atoms with Gasteiger partial charge in [-0.05, 0) is 47.4 Å². The van der Waals surface area contributed by atoms with Gasteiger partial charge in [0.2, 0.25) is 0 Å². The molecule has 7 heteroatoms. The molecule has 0 bridgehead atoms. The number of carbonyl (C=O) groups is 2. The number of rotatable bonds is 5. The first kappa shape index (κ1) is 18.9. The van der Waals surface area contributed by atoms with Crippen molar-refractivity contribution in [3.05, 3.63) is 80.1 Å². The van der Waals surface area contributed by atoms with E-state index in [2.05, 4.69) is 4.98 Å². The van der Waals surface area contributed by atoms with Crippen LogP contribution in [-0.2, 0) is 4.79 Å². The van der Waals surface area contributed by atoms with Crippen LogP contribution in [0.1, 0.15) is 22.3 Å². The van der Waals surface area contributed by atoms with Crippen molar-refractivity contribution in [3.8, 4) is 0 Å². The number of nitrogen functional groups attached to an aromatic ring is 1. The SMILES string of the molecule is Nc1cc(/C=C\C(=O)CC(=O)c2cc3ccc(Cl)cc3[nH]c2=O)ccc1Cl. The molecule has 0 aliphatic carbocycles. The molecule has 5 nitrogen and oxygen atoms in total. The van der Waals surface area contributed by atoms with E-state index < -0.39 is 23.5 Å². The molecule has 0 aliphatic rings. The molecule has 27 heavy (non-hydrogen) atoms. The fraction of sp³-hybridized carbons (Fsp3) is 0.0500. The minimum absolute atomic E-state index is 0.0673. The second-order valence-electron chi connectivity index (χ2n) is 5.92. The van der Waals surface area contributed by atoms with Crippen molar-refractivity contribution in [2.24, 2.45) is 0 Å². The van der Waals surface area contributed by atoms with Gasteiger partial charge in [-0.1, -0.05) is 41.4 Å². The third-order valence-electron chi connectivity index (χ3n) is 3.92. The maximum Gasteiger partial charge on any atom is 0.259 e. The van der Waals surface area contributed by atoms with Crippen molar-refractivity contribution in [1.29, 1.82) is 0 Å². The first-order chi connectivity index (χ1) is 12.8. The number of hydrogen-bond donors (Lipinski definition) is 2. The molecular formula is C20H14Cl2N2O3. The summed E-state index contributed by atoms with van der Waals surface area (Å²) in [6, 6.07) is 11.3. The van der Waals surface area contributed by atoms with Crippen LogP contribution in [0.25, 0.3) is 17.0 Å². The fourth-order valence-electron chi connectivity index (χ4n) is 2.55. The van der Waals surface area contributed by atoms with Crippen LogP contribution in [0.2, 0.25) is 10.0 Å². The molecule has 0 amide bonds. The molecule has 0 saturated heterocycles. The molecule has 136 valence electrons. The highest BCUT2D eigenvalue weighted by Gasteiger charge is 2.15. The summed E-state index contributed by atoms with van der Waals surface area (Å²) in [6.07, 6.45) is 2.40. The maximum absolute atomic E-state index is 12.4. The number of anilines is 1. The number of carbonyl (C=O) groups excluding carboxylic acids is 2. The number of hydrogen-bond acceptors (Lipinski definition) is 4. The summed E-state index contributed by atoms with van der Waals surface area (Å²) in [6.45, 7) is 0. The Morgan fingerprint density at radius 3 is 2.59 bits per heavy atom. The Labute approximate surface area is 164 Å². The number of aromatic nitrogens is 1. The largest absolute Gasteiger partial charge is 0.398 e. The maximum atomic E-state index is 12.4. The van der Waals surface area contributed by atoms with Gasteiger partial charge in [-0.3, -0.25) is 14.4 Å². The lowest BCUT2D eigenvalue weighted by molar-refractivity contribution is -0.113. The predicted molar refractivity (Wildman–Crippen MR) is 108 cm³/mol. The lowest BCUT2D eigenvalue weighted by Crippen LogP contribution is -2.19. The van der Waals surface area contributed by atoms with Crippen LogP contribution in [-0.4, -0.2) is 16.6 Å². The Balaban J connectivity index is 1.77. The van der Waals surface area contributed by atoms with Crippen LogP contribution in [0.4, 0.5) is 5.69 Å². The Bertz CT molecular complexity index is 1150. The first-order valence-electron chi connectivity index (χ1n) is 7.95. The fourth-order valence-corrected chi connectivity index (χ4v) is 2.84. The number of H-pyrrole nitrogens is 1. The van der Waals surface area contributed by atoms with Gasteiger partial charge in [-0.2, -0.15) is 0 Å². The van der Waals surface area contributed by atoms with Crippen molar-refractivity contribution < 1.29 is 9.59 Å². The minimum atomic E-state index is -0.558. The number of pyridine rings is 1. The van der Waals surface area contributed by atoms with Gasteiger partial charge in [-0.15, -0.1) is 0 Å². The van der Waals surface area contributed by atoms with Gasteiger partial charge >= 0.3 is 0 Å². The number of halogens is 2. The van der Waals surface area contributed by atoms with E-state index in [1.54, 1.807) is 36.4 Å². The van der Waals surface area contributed by atoms with Crippen LogP contribution >= 0.6 is 23.2 Å². The zero-order valence-electron chi connectivity index (χ0n) is 14.0. The second kappa shape index (κ2) is 7.78. The minimum Gasteiger partial charge on any atom is -0.398 e. The molecule has 1 heterocycles. The Morgan fingerprint density at radius 2 is 1.85 bits per heavy atom. The zero-order valence-corrected chi connectivity index (χ0v) is 15.5. The van der Waals surface area contributed by atoms with Crippen LogP contribution < -0.4 is 11.3 Å². The number of nitrogens with one attached hydrogen (secondary N) is 1. The highest BCUT2D eigenvalue weighted by Crippen LogP contribution is 2.20. The quantitative estimate of drug-likeness (QED) is 0.289. The Hall–Kier alpha value is -2.89. The molecule has 0 saturated carbocycles. The van der Waals surface area contributed by atoms with Crippen molar-refractivity contribution in [2.45, 2.75) is 6.42 Å². The lowest BCUT2D eigenvalue weighted by atomic mass is 10.0. The normalized spacial score (nSPS) is 11.2. The zero-order chi connectivity index (χ0) is 19.6. The Kier molecular flexibility index (Phi) is 5.44. The number of ketones is 2. The van der Waals surface area contributed by atoms with Gasteiger partial charge in [0.1, 0.15) is 0 Å². The highest BCUT2D eigenvalue weighted by molar-refractivity contribution is 6.33. The summed E-state index contributed by atoms with van der Waals surface area (Å²) >= 11 is 11.7. The molecular weight excluding hydrogens is 387 g/mol. The average Bonchev–Trinajstić information content (AvgIpc) is 2.62. The summed E-state index contributed by atoms with van der Waals surface area (Å²) < 4.78 is 0. The van der Waals surface area contributed by atoms with Gasteiger partial charge < -0.3 is 10.7 Å². The molecule has 3 rings (SSSR count). The van der Waals surface area contributed by atoms with Gasteiger partial charge in [0, 0.05) is 10.5 Å². The van der Waals surface area contributed by atoms with Gasteiger partial charge in [0.15, 0.2) is 11.6 Å². The number of benzene rings is 2. The standard InChI is InChI=1S/C20H14Cl2N2O3/c21-13-4-3-12-8-15(20(27)24-18(12)9-13)19(26)10-14(25)5-1-11-2-6-16(22)17(23)7-11/h1-9H,10,23H2,(H,24,27)/b5-1-. The monoisotopic (exact) mass is 400 g/mol. The average molecular weight is 401 g/mol. The van der Waals surface area contributed by atoms with Crippen molar-refractivity contribution >= 4 is 57.4 Å². The third-order valence-corrected chi connectivity index (χ3v) is 4.50. The van der Waals surface area contributed by atoms with Crippen LogP contribution in [0, 0.1) is 0 Å². The number of Topliss-reactive ketones (excluding diaryl/α,β-unsaturated/α-hetero) is 1. The van der Waals surface area contributed by atoms with Gasteiger partial charge in [0.25, 0.3) is 5.56 Å². The number of allylic oxidation sites excluding steroid dienone is 1. The third kappa shape index (κ3) is 4.45. The van der Waals surface area contributed by atoms with E-state index in [-0.39, 0.29) is 5.56 Å².